The van der Waals surface area contributed by atoms with Crippen LogP contribution < -0.4 is 10.6 Å². The SMILES string of the molecule is CCC(C)Nc1nc(C)cc(Nc2cccc(C(F)(F)F)c2)n1. The molecular weight excluding hydrogens is 305 g/mol. The van der Waals surface area contributed by atoms with Crippen molar-refractivity contribution in [3.63, 3.8) is 0 Å². The lowest BCUT2D eigenvalue weighted by Gasteiger charge is -2.14. The molecule has 0 aliphatic rings. The number of nitrogens with zero attached hydrogens (tertiary/aromatic N) is 2. The molecule has 23 heavy (non-hydrogen) atoms. The van der Waals surface area contributed by atoms with Crippen molar-refractivity contribution in [2.24, 2.45) is 0 Å². The Morgan fingerprint density at radius 3 is 2.57 bits per heavy atom. The molecule has 1 aromatic carbocycles. The van der Waals surface area contributed by atoms with Crippen molar-refractivity contribution >= 4 is 17.5 Å². The second kappa shape index (κ2) is 6.85. The first kappa shape index (κ1) is 17.1. The zero-order valence-electron chi connectivity index (χ0n) is 13.2. The predicted molar refractivity (Wildman–Crippen MR) is 84.9 cm³/mol. The van der Waals surface area contributed by atoms with Crippen molar-refractivity contribution in [1.82, 2.24) is 9.97 Å². The average Bonchev–Trinajstić information content (AvgIpc) is 2.45. The van der Waals surface area contributed by atoms with Crippen molar-refractivity contribution < 1.29 is 13.2 Å². The van der Waals surface area contributed by atoms with Gasteiger partial charge >= 0.3 is 6.18 Å². The van der Waals surface area contributed by atoms with E-state index in [4.69, 9.17) is 0 Å². The van der Waals surface area contributed by atoms with E-state index < -0.39 is 11.7 Å². The fourth-order valence-electron chi connectivity index (χ4n) is 1.94. The summed E-state index contributed by atoms with van der Waals surface area (Å²) >= 11 is 0. The van der Waals surface area contributed by atoms with Gasteiger partial charge in [-0.05, 0) is 38.5 Å². The lowest BCUT2D eigenvalue weighted by Crippen LogP contribution is -2.16. The van der Waals surface area contributed by atoms with Crippen LogP contribution in [0.4, 0.5) is 30.6 Å². The summed E-state index contributed by atoms with van der Waals surface area (Å²) in [6.45, 7) is 5.85. The summed E-state index contributed by atoms with van der Waals surface area (Å²) in [6, 6.07) is 6.90. The Morgan fingerprint density at radius 1 is 1.17 bits per heavy atom. The van der Waals surface area contributed by atoms with Crippen LogP contribution >= 0.6 is 0 Å². The number of rotatable bonds is 5. The molecular formula is C16H19F3N4. The van der Waals surface area contributed by atoms with Crippen LogP contribution in [0.2, 0.25) is 0 Å². The van der Waals surface area contributed by atoms with Crippen molar-refractivity contribution in [1.29, 1.82) is 0 Å². The Bertz CT molecular complexity index is 671. The molecule has 2 rings (SSSR count). The van der Waals surface area contributed by atoms with E-state index in [2.05, 4.69) is 20.6 Å². The third-order valence-electron chi connectivity index (χ3n) is 3.30. The molecule has 2 aromatic rings. The van der Waals surface area contributed by atoms with E-state index in [9.17, 15) is 13.2 Å². The number of aryl methyl sites for hydroxylation is 1. The molecule has 2 N–H and O–H groups in total. The van der Waals surface area contributed by atoms with Gasteiger partial charge in [0.1, 0.15) is 5.82 Å². The van der Waals surface area contributed by atoms with Crippen LogP contribution in [0.3, 0.4) is 0 Å². The molecule has 0 aliphatic carbocycles. The fourth-order valence-corrected chi connectivity index (χ4v) is 1.94. The Balaban J connectivity index is 2.23. The number of aromatic nitrogens is 2. The topological polar surface area (TPSA) is 49.8 Å². The van der Waals surface area contributed by atoms with E-state index in [1.54, 1.807) is 19.1 Å². The van der Waals surface area contributed by atoms with Crippen LogP contribution in [0.5, 0.6) is 0 Å². The Labute approximate surface area is 133 Å². The van der Waals surface area contributed by atoms with Gasteiger partial charge in [0.2, 0.25) is 5.95 Å². The quantitative estimate of drug-likeness (QED) is 0.833. The summed E-state index contributed by atoms with van der Waals surface area (Å²) in [7, 11) is 0. The molecule has 1 aromatic heterocycles. The maximum atomic E-state index is 12.8. The first-order valence-electron chi connectivity index (χ1n) is 7.34. The predicted octanol–water partition coefficient (Wildman–Crippen LogP) is 4.76. The molecule has 0 saturated heterocycles. The van der Waals surface area contributed by atoms with E-state index in [1.165, 1.54) is 6.07 Å². The van der Waals surface area contributed by atoms with Crippen molar-refractivity contribution in [3.8, 4) is 0 Å². The fraction of sp³-hybridized carbons (Fsp3) is 0.375. The number of anilines is 3. The van der Waals surface area contributed by atoms with Crippen LogP contribution in [0.15, 0.2) is 30.3 Å². The summed E-state index contributed by atoms with van der Waals surface area (Å²) in [5.41, 5.74) is 0.346. The molecule has 0 fully saturated rings. The van der Waals surface area contributed by atoms with Crippen molar-refractivity contribution in [2.45, 2.75) is 39.4 Å². The minimum Gasteiger partial charge on any atom is -0.352 e. The number of halogens is 3. The highest BCUT2D eigenvalue weighted by molar-refractivity contribution is 5.58. The van der Waals surface area contributed by atoms with E-state index in [0.29, 0.717) is 17.5 Å². The molecule has 0 aliphatic heterocycles. The highest BCUT2D eigenvalue weighted by atomic mass is 19.4. The lowest BCUT2D eigenvalue weighted by atomic mass is 10.2. The van der Waals surface area contributed by atoms with E-state index in [1.807, 2.05) is 13.8 Å². The highest BCUT2D eigenvalue weighted by Crippen LogP contribution is 2.31. The number of hydrogen-bond acceptors (Lipinski definition) is 4. The van der Waals surface area contributed by atoms with Gasteiger partial charge in [-0.25, -0.2) is 4.98 Å². The zero-order valence-corrected chi connectivity index (χ0v) is 13.2. The average molecular weight is 324 g/mol. The second-order valence-electron chi connectivity index (χ2n) is 5.38. The van der Waals surface area contributed by atoms with Crippen LogP contribution in [0.1, 0.15) is 31.5 Å². The van der Waals surface area contributed by atoms with Gasteiger partial charge in [0, 0.05) is 23.5 Å². The van der Waals surface area contributed by atoms with Crippen molar-refractivity contribution in [3.05, 3.63) is 41.6 Å². The smallest absolute Gasteiger partial charge is 0.352 e. The second-order valence-corrected chi connectivity index (χ2v) is 5.38. The van der Waals surface area contributed by atoms with Crippen LogP contribution in [-0.4, -0.2) is 16.0 Å². The van der Waals surface area contributed by atoms with Gasteiger partial charge in [0.05, 0.1) is 5.56 Å². The third kappa shape index (κ3) is 4.84. The third-order valence-corrected chi connectivity index (χ3v) is 3.30. The van der Waals surface area contributed by atoms with Crippen LogP contribution in [-0.2, 0) is 6.18 Å². The monoisotopic (exact) mass is 324 g/mol. The molecule has 1 atom stereocenters. The van der Waals surface area contributed by atoms with E-state index in [0.717, 1.165) is 24.2 Å². The molecule has 124 valence electrons. The molecule has 0 bridgehead atoms. The molecule has 0 radical (unpaired) electrons. The molecule has 4 nitrogen and oxygen atoms in total. The lowest BCUT2D eigenvalue weighted by molar-refractivity contribution is -0.137. The van der Waals surface area contributed by atoms with E-state index >= 15 is 0 Å². The van der Waals surface area contributed by atoms with Gasteiger partial charge in [0.15, 0.2) is 0 Å². The zero-order chi connectivity index (χ0) is 17.0. The minimum atomic E-state index is -4.37. The molecule has 7 heteroatoms. The summed E-state index contributed by atoms with van der Waals surface area (Å²) < 4.78 is 38.3. The molecule has 1 heterocycles. The summed E-state index contributed by atoms with van der Waals surface area (Å²) in [4.78, 5) is 8.57. The molecule has 0 amide bonds. The van der Waals surface area contributed by atoms with Gasteiger partial charge in [-0.15, -0.1) is 0 Å². The number of benzene rings is 1. The summed E-state index contributed by atoms with van der Waals surface area (Å²) in [5.74, 6) is 0.899. The van der Waals surface area contributed by atoms with Gasteiger partial charge in [-0.1, -0.05) is 13.0 Å². The minimum absolute atomic E-state index is 0.207. The first-order chi connectivity index (χ1) is 10.8. The van der Waals surface area contributed by atoms with Gasteiger partial charge < -0.3 is 10.6 Å². The Hall–Kier alpha value is -2.31. The maximum Gasteiger partial charge on any atom is 0.416 e. The van der Waals surface area contributed by atoms with Crippen LogP contribution in [0, 0.1) is 6.92 Å². The molecule has 0 saturated carbocycles. The summed E-state index contributed by atoms with van der Waals surface area (Å²) in [6.07, 6.45) is -3.46. The normalized spacial score (nSPS) is 12.8. The highest BCUT2D eigenvalue weighted by Gasteiger charge is 2.30. The molecule has 1 unspecified atom stereocenters. The number of alkyl halides is 3. The van der Waals surface area contributed by atoms with Gasteiger partial charge in [0.25, 0.3) is 0 Å². The number of hydrogen-bond donors (Lipinski definition) is 2. The standard InChI is InChI=1S/C16H19F3N4/c1-4-10(2)20-15-21-11(3)8-14(23-15)22-13-7-5-6-12(9-13)16(17,18)19/h5-10H,4H2,1-3H3,(H2,20,21,22,23). The van der Waals surface area contributed by atoms with Gasteiger partial charge in [-0.2, -0.15) is 18.2 Å². The van der Waals surface area contributed by atoms with E-state index in [-0.39, 0.29) is 6.04 Å². The first-order valence-corrected chi connectivity index (χ1v) is 7.34. The largest absolute Gasteiger partial charge is 0.416 e. The van der Waals surface area contributed by atoms with Gasteiger partial charge in [-0.3, -0.25) is 0 Å². The van der Waals surface area contributed by atoms with Crippen LogP contribution in [0.25, 0.3) is 0 Å². The Morgan fingerprint density at radius 2 is 1.91 bits per heavy atom. The van der Waals surface area contributed by atoms with Crippen molar-refractivity contribution in [2.75, 3.05) is 10.6 Å². The molecule has 0 spiro atoms. The summed E-state index contributed by atoms with van der Waals surface area (Å²) in [5, 5.41) is 6.05. The number of nitrogens with one attached hydrogen (secondary N) is 2. The Kier molecular flexibility index (Phi) is 5.08. The maximum absolute atomic E-state index is 12.8.